The first kappa shape index (κ1) is 24.1. The van der Waals surface area contributed by atoms with Gasteiger partial charge in [-0.1, -0.05) is 18.2 Å². The summed E-state index contributed by atoms with van der Waals surface area (Å²) in [6, 6.07) is 9.01. The van der Waals surface area contributed by atoms with Crippen LogP contribution < -0.4 is 10.6 Å². The smallest absolute Gasteiger partial charge is 0.383 e. The Labute approximate surface area is 190 Å². The zero-order valence-corrected chi connectivity index (χ0v) is 18.1. The topological polar surface area (TPSA) is 106 Å². The SMILES string of the molecule is COCCNc1ccc(C(=O)Nc2ncc(Cc3cccc(C(F)(F)F)c3)s2)cc1[N+](=O)[O-]. The number of ether oxygens (including phenoxy) is 1. The Balaban J connectivity index is 1.69. The average Bonchev–Trinajstić information content (AvgIpc) is 3.20. The van der Waals surface area contributed by atoms with Crippen LogP contribution in [0.2, 0.25) is 0 Å². The summed E-state index contributed by atoms with van der Waals surface area (Å²) < 4.78 is 43.6. The molecule has 0 aliphatic carbocycles. The number of nitrogens with zero attached hydrogens (tertiary/aromatic N) is 2. The van der Waals surface area contributed by atoms with E-state index in [4.69, 9.17) is 4.74 Å². The van der Waals surface area contributed by atoms with Gasteiger partial charge in [0.25, 0.3) is 11.6 Å². The van der Waals surface area contributed by atoms with Crippen LogP contribution in [0.4, 0.5) is 29.7 Å². The van der Waals surface area contributed by atoms with Crippen molar-refractivity contribution in [3.8, 4) is 0 Å². The number of aromatic nitrogens is 1. The molecule has 2 N–H and O–H groups in total. The highest BCUT2D eigenvalue weighted by atomic mass is 32.1. The molecule has 0 atom stereocenters. The van der Waals surface area contributed by atoms with Crippen molar-refractivity contribution in [2.75, 3.05) is 30.9 Å². The van der Waals surface area contributed by atoms with Gasteiger partial charge in [-0.05, 0) is 23.8 Å². The van der Waals surface area contributed by atoms with Crippen molar-refractivity contribution in [3.63, 3.8) is 0 Å². The zero-order chi connectivity index (χ0) is 24.0. The number of rotatable bonds is 9. The summed E-state index contributed by atoms with van der Waals surface area (Å²) in [6.45, 7) is 0.711. The molecule has 0 saturated carbocycles. The minimum atomic E-state index is -4.43. The molecular formula is C21H19F3N4O4S. The van der Waals surface area contributed by atoms with Gasteiger partial charge in [-0.2, -0.15) is 13.2 Å². The molecule has 174 valence electrons. The zero-order valence-electron chi connectivity index (χ0n) is 17.3. The van der Waals surface area contributed by atoms with E-state index in [1.807, 2.05) is 0 Å². The van der Waals surface area contributed by atoms with E-state index in [0.717, 1.165) is 29.5 Å². The lowest BCUT2D eigenvalue weighted by atomic mass is 10.1. The van der Waals surface area contributed by atoms with E-state index in [1.54, 1.807) is 6.07 Å². The second kappa shape index (κ2) is 10.4. The van der Waals surface area contributed by atoms with Crippen LogP contribution in [0, 0.1) is 10.1 Å². The van der Waals surface area contributed by atoms with Gasteiger partial charge in [0, 0.05) is 42.8 Å². The van der Waals surface area contributed by atoms with Crippen molar-refractivity contribution >= 4 is 33.8 Å². The van der Waals surface area contributed by atoms with Gasteiger partial charge in [-0.25, -0.2) is 4.98 Å². The van der Waals surface area contributed by atoms with Crippen molar-refractivity contribution in [1.82, 2.24) is 4.98 Å². The van der Waals surface area contributed by atoms with Crippen molar-refractivity contribution in [1.29, 1.82) is 0 Å². The molecular weight excluding hydrogens is 461 g/mol. The monoisotopic (exact) mass is 480 g/mol. The maximum atomic E-state index is 12.9. The molecule has 8 nitrogen and oxygen atoms in total. The summed E-state index contributed by atoms with van der Waals surface area (Å²) in [5, 5.41) is 17.0. The highest BCUT2D eigenvalue weighted by Gasteiger charge is 2.30. The largest absolute Gasteiger partial charge is 0.416 e. The van der Waals surface area contributed by atoms with Gasteiger partial charge in [0.15, 0.2) is 5.13 Å². The fraction of sp³-hybridized carbons (Fsp3) is 0.238. The predicted molar refractivity (Wildman–Crippen MR) is 118 cm³/mol. The summed E-state index contributed by atoms with van der Waals surface area (Å²) in [7, 11) is 1.51. The van der Waals surface area contributed by atoms with E-state index in [-0.39, 0.29) is 28.5 Å². The fourth-order valence-corrected chi connectivity index (χ4v) is 3.78. The molecule has 1 aromatic heterocycles. The van der Waals surface area contributed by atoms with E-state index < -0.39 is 22.6 Å². The first-order valence-electron chi connectivity index (χ1n) is 9.61. The highest BCUT2D eigenvalue weighted by Crippen LogP contribution is 2.31. The van der Waals surface area contributed by atoms with Crippen LogP contribution in [0.1, 0.15) is 26.4 Å². The Morgan fingerprint density at radius 1 is 1.24 bits per heavy atom. The molecule has 0 spiro atoms. The van der Waals surface area contributed by atoms with Crippen LogP contribution in [0.15, 0.2) is 48.7 Å². The number of amides is 1. The number of nitro benzene ring substituents is 1. The molecule has 2 aromatic carbocycles. The lowest BCUT2D eigenvalue weighted by molar-refractivity contribution is -0.384. The fourth-order valence-electron chi connectivity index (χ4n) is 2.94. The third-order valence-electron chi connectivity index (χ3n) is 4.48. The van der Waals surface area contributed by atoms with Crippen molar-refractivity contribution in [3.05, 3.63) is 80.3 Å². The predicted octanol–water partition coefficient (Wildman–Crippen LogP) is 4.97. The molecule has 0 unspecified atom stereocenters. The minimum Gasteiger partial charge on any atom is -0.383 e. The molecule has 1 heterocycles. The van der Waals surface area contributed by atoms with Gasteiger partial charge in [0.05, 0.1) is 17.1 Å². The number of carbonyl (C=O) groups is 1. The van der Waals surface area contributed by atoms with Crippen molar-refractivity contribution in [2.45, 2.75) is 12.6 Å². The lowest BCUT2D eigenvalue weighted by Gasteiger charge is -2.08. The van der Waals surface area contributed by atoms with Gasteiger partial charge < -0.3 is 10.1 Å². The number of hydrogen-bond acceptors (Lipinski definition) is 7. The average molecular weight is 480 g/mol. The van der Waals surface area contributed by atoms with E-state index >= 15 is 0 Å². The van der Waals surface area contributed by atoms with Gasteiger partial charge in [-0.15, -0.1) is 11.3 Å². The molecule has 0 radical (unpaired) electrons. The van der Waals surface area contributed by atoms with E-state index in [9.17, 15) is 28.1 Å². The standard InChI is InChI=1S/C21H19F3N4O4S/c1-32-8-7-25-17-6-5-14(11-18(17)28(30)31)19(29)27-20-26-12-16(33-20)10-13-3-2-4-15(9-13)21(22,23)24/h2-6,9,11-12,25H,7-8,10H2,1H3,(H,26,27,29). The summed E-state index contributed by atoms with van der Waals surface area (Å²) in [4.78, 5) is 28.1. The number of carbonyl (C=O) groups excluding carboxylic acids is 1. The first-order valence-corrected chi connectivity index (χ1v) is 10.4. The number of methoxy groups -OCH3 is 1. The summed E-state index contributed by atoms with van der Waals surface area (Å²) >= 11 is 1.11. The van der Waals surface area contributed by atoms with Crippen LogP contribution in [0.3, 0.4) is 0 Å². The van der Waals surface area contributed by atoms with E-state index in [0.29, 0.717) is 23.6 Å². The number of hydrogen-bond donors (Lipinski definition) is 2. The van der Waals surface area contributed by atoms with Gasteiger partial charge in [0.1, 0.15) is 5.69 Å². The minimum absolute atomic E-state index is 0.0635. The van der Waals surface area contributed by atoms with Crippen LogP contribution in [0.25, 0.3) is 0 Å². The second-order valence-electron chi connectivity index (χ2n) is 6.87. The number of alkyl halides is 3. The van der Waals surface area contributed by atoms with Crippen LogP contribution in [-0.4, -0.2) is 36.1 Å². The number of halogens is 3. The van der Waals surface area contributed by atoms with Gasteiger partial charge in [-0.3, -0.25) is 20.2 Å². The molecule has 33 heavy (non-hydrogen) atoms. The lowest BCUT2D eigenvalue weighted by Crippen LogP contribution is -2.13. The molecule has 0 saturated heterocycles. The summed E-state index contributed by atoms with van der Waals surface area (Å²) in [5.74, 6) is -0.596. The quantitative estimate of drug-likeness (QED) is 0.254. The molecule has 0 fully saturated rings. The molecule has 0 bridgehead atoms. The molecule has 12 heteroatoms. The number of nitro groups is 1. The van der Waals surface area contributed by atoms with E-state index in [2.05, 4.69) is 15.6 Å². The van der Waals surface area contributed by atoms with Gasteiger partial charge >= 0.3 is 6.18 Å². The van der Waals surface area contributed by atoms with Crippen LogP contribution in [-0.2, 0) is 17.3 Å². The summed E-state index contributed by atoms with van der Waals surface area (Å²) in [6.07, 6.45) is -2.75. The molecule has 1 amide bonds. The Bertz CT molecular complexity index is 1150. The maximum Gasteiger partial charge on any atom is 0.416 e. The number of anilines is 2. The number of nitrogens with one attached hydrogen (secondary N) is 2. The van der Waals surface area contributed by atoms with E-state index in [1.165, 1.54) is 31.5 Å². The number of thiazole rings is 1. The van der Waals surface area contributed by atoms with Crippen molar-refractivity contribution in [2.24, 2.45) is 0 Å². The Morgan fingerprint density at radius 3 is 2.73 bits per heavy atom. The summed E-state index contributed by atoms with van der Waals surface area (Å²) in [5.41, 5.74) is -0.221. The van der Waals surface area contributed by atoms with Crippen molar-refractivity contribution < 1.29 is 27.6 Å². The molecule has 0 aliphatic heterocycles. The molecule has 0 aliphatic rings. The van der Waals surface area contributed by atoms with Crippen LogP contribution in [0.5, 0.6) is 0 Å². The van der Waals surface area contributed by atoms with Crippen LogP contribution >= 0.6 is 11.3 Å². The highest BCUT2D eigenvalue weighted by molar-refractivity contribution is 7.15. The Hall–Kier alpha value is -3.51. The molecule has 3 aromatic rings. The normalized spacial score (nSPS) is 11.3. The Kier molecular flexibility index (Phi) is 7.61. The molecule has 3 rings (SSSR count). The third-order valence-corrected chi connectivity index (χ3v) is 5.40. The maximum absolute atomic E-state index is 12.9. The van der Waals surface area contributed by atoms with Gasteiger partial charge in [0.2, 0.25) is 0 Å². The Morgan fingerprint density at radius 2 is 2.03 bits per heavy atom. The second-order valence-corrected chi connectivity index (χ2v) is 7.98. The first-order chi connectivity index (χ1) is 15.7. The third kappa shape index (κ3) is 6.49. The number of benzene rings is 2.